The first-order chi connectivity index (χ1) is 20.1. The first-order valence-corrected chi connectivity index (χ1v) is 16.7. The number of hydrogen-bond donors (Lipinski definition) is 0. The molecular weight excluding hydrogens is 588 g/mol. The first kappa shape index (κ1) is 29.4. The maximum absolute atomic E-state index is 6.19. The number of anilines is 3. The molecule has 41 heavy (non-hydrogen) atoms. The smallest absolute Gasteiger partial charge is 0.252 e. The number of hydrogen-bond acceptors (Lipinski definition) is 9. The maximum atomic E-state index is 6.19. The Hall–Kier alpha value is -3.11. The summed E-state index contributed by atoms with van der Waals surface area (Å²) in [6.45, 7) is 4.51. The summed E-state index contributed by atoms with van der Waals surface area (Å²) < 4.78 is 0.927. The molecule has 2 aromatic heterocycles. The average molecular weight is 619 g/mol. The zero-order valence-corrected chi connectivity index (χ0v) is 26.2. The second-order valence-electron chi connectivity index (χ2n) is 9.44. The average Bonchev–Trinajstić information content (AvgIpc) is 3.65. The van der Waals surface area contributed by atoms with Crippen LogP contribution in [0.2, 0.25) is 5.02 Å². The lowest BCUT2D eigenvalue weighted by molar-refractivity contribution is 0.499. The minimum atomic E-state index is 0.536. The van der Waals surface area contributed by atoms with E-state index in [-0.39, 0.29) is 0 Å². The van der Waals surface area contributed by atoms with Crippen LogP contribution in [0.5, 0.6) is 0 Å². The summed E-state index contributed by atoms with van der Waals surface area (Å²) in [7, 11) is 0. The van der Waals surface area contributed by atoms with Gasteiger partial charge in [0, 0.05) is 27.7 Å². The fourth-order valence-corrected chi connectivity index (χ4v) is 7.28. The first-order valence-electron chi connectivity index (χ1n) is 13.7. The van der Waals surface area contributed by atoms with Crippen molar-refractivity contribution in [3.63, 3.8) is 0 Å². The fraction of sp³-hybridized carbons (Fsp3) is 0.258. The monoisotopic (exact) mass is 618 g/mol. The number of thiazole rings is 1. The van der Waals surface area contributed by atoms with Crippen LogP contribution < -0.4 is 4.90 Å². The summed E-state index contributed by atoms with van der Waals surface area (Å²) in [5.41, 5.74) is 3.67. The number of thioether (sulfide) groups is 1. The second-order valence-corrected chi connectivity index (χ2v) is 13.1. The number of para-hydroxylation sites is 2. The molecule has 0 N–H and O–H groups in total. The Labute approximate surface area is 258 Å². The summed E-state index contributed by atoms with van der Waals surface area (Å²) in [6.07, 6.45) is 4.95. The van der Waals surface area contributed by atoms with Crippen molar-refractivity contribution >= 4 is 72.7 Å². The molecule has 5 aromatic rings. The summed E-state index contributed by atoms with van der Waals surface area (Å²) in [4.78, 5) is 7.20. The van der Waals surface area contributed by atoms with Gasteiger partial charge in [0.2, 0.25) is 0 Å². The third-order valence-electron chi connectivity index (χ3n) is 6.54. The Morgan fingerprint density at radius 2 is 1.54 bits per heavy atom. The minimum absolute atomic E-state index is 0.536. The Balaban J connectivity index is 1.45. The molecule has 0 aliphatic rings. The van der Waals surface area contributed by atoms with Crippen molar-refractivity contribution in [2.45, 2.75) is 43.9 Å². The molecule has 210 valence electrons. The van der Waals surface area contributed by atoms with Crippen LogP contribution in [-0.4, -0.2) is 20.9 Å². The van der Waals surface area contributed by atoms with Gasteiger partial charge in [-0.1, -0.05) is 128 Å². The maximum Gasteiger partial charge on any atom is 0.252 e. The standard InChI is InChI=1S/C31H31ClN6S3/c1-3-5-12-22(4-2)21-39-31-37-36-29(41-31)35-34-28-27(23-17-19-24(32)20-18-23)33-30(40-28)38(25-13-8-6-9-14-25)26-15-10-7-11-16-26/h6-11,13-20,22H,3-5,12,21H2,1-2H3. The number of halogens is 1. The molecule has 5 rings (SSSR count). The van der Waals surface area contributed by atoms with Crippen molar-refractivity contribution < 1.29 is 0 Å². The van der Waals surface area contributed by atoms with E-state index in [9.17, 15) is 0 Å². The predicted molar refractivity (Wildman–Crippen MR) is 175 cm³/mol. The van der Waals surface area contributed by atoms with Crippen LogP contribution in [0.15, 0.2) is 99.5 Å². The summed E-state index contributed by atoms with van der Waals surface area (Å²) in [6, 6.07) is 28.0. The molecule has 0 spiro atoms. The van der Waals surface area contributed by atoms with E-state index < -0.39 is 0 Å². The number of aromatic nitrogens is 3. The SMILES string of the molecule is CCCCC(CC)CSc1nnc(N=Nc2sc(N(c3ccccc3)c3ccccc3)nc2-c2ccc(Cl)cc2)s1. The zero-order valence-electron chi connectivity index (χ0n) is 23.0. The van der Waals surface area contributed by atoms with Gasteiger partial charge in [-0.05, 0) is 48.7 Å². The number of rotatable bonds is 13. The Kier molecular flexibility index (Phi) is 10.5. The highest BCUT2D eigenvalue weighted by atomic mass is 35.5. The third-order valence-corrected chi connectivity index (χ3v) is 9.89. The van der Waals surface area contributed by atoms with Crippen LogP contribution in [0.3, 0.4) is 0 Å². The molecule has 6 nitrogen and oxygen atoms in total. The van der Waals surface area contributed by atoms with Gasteiger partial charge in [0.15, 0.2) is 14.5 Å². The molecule has 2 heterocycles. The van der Waals surface area contributed by atoms with Crippen LogP contribution in [0.25, 0.3) is 11.3 Å². The molecule has 0 aliphatic heterocycles. The number of azo groups is 1. The van der Waals surface area contributed by atoms with Crippen molar-refractivity contribution in [2.75, 3.05) is 10.7 Å². The molecule has 0 amide bonds. The summed E-state index contributed by atoms with van der Waals surface area (Å²) >= 11 is 10.9. The fourth-order valence-electron chi connectivity index (χ4n) is 4.26. The normalized spacial score (nSPS) is 12.2. The largest absolute Gasteiger partial charge is 0.286 e. The van der Waals surface area contributed by atoms with Gasteiger partial charge < -0.3 is 0 Å². The van der Waals surface area contributed by atoms with E-state index in [4.69, 9.17) is 16.6 Å². The van der Waals surface area contributed by atoms with Crippen molar-refractivity contribution in [3.05, 3.63) is 90.0 Å². The Bertz CT molecular complexity index is 1500. The van der Waals surface area contributed by atoms with Gasteiger partial charge in [-0.25, -0.2) is 4.98 Å². The molecule has 0 fully saturated rings. The molecule has 0 bridgehead atoms. The molecular formula is C31H31ClN6S3. The number of unbranched alkanes of at least 4 members (excludes halogenated alkanes) is 1. The van der Waals surface area contributed by atoms with Crippen molar-refractivity contribution in [3.8, 4) is 11.3 Å². The molecule has 1 atom stereocenters. The van der Waals surface area contributed by atoms with E-state index in [1.165, 1.54) is 48.4 Å². The van der Waals surface area contributed by atoms with Crippen molar-refractivity contribution in [1.82, 2.24) is 15.2 Å². The molecule has 0 radical (unpaired) electrons. The molecule has 0 aliphatic carbocycles. The van der Waals surface area contributed by atoms with Gasteiger partial charge in [0.1, 0.15) is 5.69 Å². The minimum Gasteiger partial charge on any atom is -0.286 e. The van der Waals surface area contributed by atoms with Crippen LogP contribution in [-0.2, 0) is 0 Å². The highest BCUT2D eigenvalue weighted by Crippen LogP contribution is 2.45. The summed E-state index contributed by atoms with van der Waals surface area (Å²) in [5.74, 6) is 1.75. The van der Waals surface area contributed by atoms with Crippen LogP contribution >= 0.6 is 46.0 Å². The van der Waals surface area contributed by atoms with E-state index in [1.807, 2.05) is 60.7 Å². The zero-order chi connectivity index (χ0) is 28.4. The van der Waals surface area contributed by atoms with Crippen molar-refractivity contribution in [1.29, 1.82) is 0 Å². The molecule has 0 saturated carbocycles. The molecule has 0 saturated heterocycles. The highest BCUT2D eigenvalue weighted by Gasteiger charge is 2.21. The van der Waals surface area contributed by atoms with E-state index >= 15 is 0 Å². The van der Waals surface area contributed by atoms with Gasteiger partial charge in [-0.3, -0.25) is 4.90 Å². The number of benzene rings is 3. The van der Waals surface area contributed by atoms with E-state index in [0.717, 1.165) is 37.9 Å². The van der Waals surface area contributed by atoms with Crippen LogP contribution in [0, 0.1) is 5.92 Å². The van der Waals surface area contributed by atoms with E-state index in [2.05, 4.69) is 63.4 Å². The molecule has 10 heteroatoms. The van der Waals surface area contributed by atoms with Crippen LogP contribution in [0.1, 0.15) is 39.5 Å². The Morgan fingerprint density at radius 1 is 0.854 bits per heavy atom. The van der Waals surface area contributed by atoms with Crippen molar-refractivity contribution in [2.24, 2.45) is 16.1 Å². The predicted octanol–water partition coefficient (Wildman–Crippen LogP) is 11.5. The lowest BCUT2D eigenvalue weighted by Crippen LogP contribution is -2.09. The topological polar surface area (TPSA) is 66.6 Å². The van der Waals surface area contributed by atoms with Gasteiger partial charge in [-0.2, -0.15) is 0 Å². The third kappa shape index (κ3) is 7.80. The van der Waals surface area contributed by atoms with Gasteiger partial charge >= 0.3 is 0 Å². The second kappa shape index (κ2) is 14.7. The highest BCUT2D eigenvalue weighted by molar-refractivity contribution is 8.01. The molecule has 3 aromatic carbocycles. The van der Waals surface area contributed by atoms with E-state index in [1.54, 1.807) is 11.8 Å². The van der Waals surface area contributed by atoms with Gasteiger partial charge in [-0.15, -0.1) is 20.4 Å². The Morgan fingerprint density at radius 3 is 2.17 bits per heavy atom. The lowest BCUT2D eigenvalue weighted by atomic mass is 10.0. The van der Waals surface area contributed by atoms with Gasteiger partial charge in [0.05, 0.1) is 0 Å². The summed E-state index contributed by atoms with van der Waals surface area (Å²) in [5, 5.41) is 20.5. The molecule has 1 unspecified atom stereocenters. The lowest BCUT2D eigenvalue weighted by Gasteiger charge is -2.22. The van der Waals surface area contributed by atoms with Gasteiger partial charge in [0.25, 0.3) is 5.13 Å². The quantitative estimate of drug-likeness (QED) is 0.0969. The van der Waals surface area contributed by atoms with E-state index in [0.29, 0.717) is 21.1 Å². The number of nitrogens with zero attached hydrogens (tertiary/aromatic N) is 6. The van der Waals surface area contributed by atoms with Crippen LogP contribution in [0.4, 0.5) is 26.6 Å².